The van der Waals surface area contributed by atoms with Crippen LogP contribution >= 0.6 is 15.9 Å². The van der Waals surface area contributed by atoms with Crippen molar-refractivity contribution in [3.05, 3.63) is 46.4 Å². The minimum absolute atomic E-state index is 0.251. The zero-order valence-electron chi connectivity index (χ0n) is 10.3. The number of halogens is 2. The highest BCUT2D eigenvalue weighted by Gasteiger charge is 2.04. The molecule has 0 spiro atoms. The fourth-order valence-electron chi connectivity index (χ4n) is 1.58. The van der Waals surface area contributed by atoms with Crippen molar-refractivity contribution < 1.29 is 4.39 Å². The van der Waals surface area contributed by atoms with E-state index in [1.807, 2.05) is 17.1 Å². The third-order valence-electron chi connectivity index (χ3n) is 2.60. The van der Waals surface area contributed by atoms with E-state index in [9.17, 15) is 4.39 Å². The van der Waals surface area contributed by atoms with Crippen LogP contribution in [0.1, 0.15) is 25.5 Å². The SMILES string of the molecule is CC(C)n1cc(CNc2cc(F)ccc2Br)cn1. The molecule has 2 rings (SSSR count). The predicted molar refractivity (Wildman–Crippen MR) is 74.0 cm³/mol. The van der Waals surface area contributed by atoms with Gasteiger partial charge in [-0.05, 0) is 48.0 Å². The molecule has 0 radical (unpaired) electrons. The van der Waals surface area contributed by atoms with Crippen LogP contribution in [0.2, 0.25) is 0 Å². The van der Waals surface area contributed by atoms with Crippen molar-refractivity contribution >= 4 is 21.6 Å². The molecule has 0 atom stereocenters. The molecule has 18 heavy (non-hydrogen) atoms. The lowest BCUT2D eigenvalue weighted by Gasteiger charge is -2.07. The quantitative estimate of drug-likeness (QED) is 0.925. The average molecular weight is 312 g/mol. The summed E-state index contributed by atoms with van der Waals surface area (Å²) in [5.41, 5.74) is 1.81. The molecule has 0 aliphatic heterocycles. The second-order valence-electron chi connectivity index (χ2n) is 4.40. The first kappa shape index (κ1) is 13.1. The third kappa shape index (κ3) is 3.10. The van der Waals surface area contributed by atoms with Gasteiger partial charge in [-0.1, -0.05) is 0 Å². The lowest BCUT2D eigenvalue weighted by atomic mass is 10.3. The fraction of sp³-hybridized carbons (Fsp3) is 0.308. The summed E-state index contributed by atoms with van der Waals surface area (Å²) in [5.74, 6) is -0.251. The first-order chi connectivity index (χ1) is 8.56. The summed E-state index contributed by atoms with van der Waals surface area (Å²) in [5, 5.41) is 7.44. The average Bonchev–Trinajstić information content (AvgIpc) is 2.79. The smallest absolute Gasteiger partial charge is 0.125 e. The zero-order chi connectivity index (χ0) is 13.1. The number of benzene rings is 1. The van der Waals surface area contributed by atoms with Crippen molar-refractivity contribution in [2.24, 2.45) is 0 Å². The van der Waals surface area contributed by atoms with Gasteiger partial charge in [-0.15, -0.1) is 0 Å². The molecule has 0 unspecified atom stereocenters. The number of aromatic nitrogens is 2. The van der Waals surface area contributed by atoms with Gasteiger partial charge >= 0.3 is 0 Å². The van der Waals surface area contributed by atoms with Crippen molar-refractivity contribution in [3.63, 3.8) is 0 Å². The molecule has 1 heterocycles. The minimum Gasteiger partial charge on any atom is -0.380 e. The fourth-order valence-corrected chi connectivity index (χ4v) is 1.97. The van der Waals surface area contributed by atoms with Gasteiger partial charge in [0.1, 0.15) is 5.82 Å². The summed E-state index contributed by atoms with van der Waals surface area (Å²) >= 11 is 3.38. The van der Waals surface area contributed by atoms with Crippen LogP contribution in [0.25, 0.3) is 0 Å². The van der Waals surface area contributed by atoms with Gasteiger partial charge < -0.3 is 5.32 Å². The van der Waals surface area contributed by atoms with Gasteiger partial charge in [-0.2, -0.15) is 5.10 Å². The van der Waals surface area contributed by atoms with E-state index in [-0.39, 0.29) is 5.82 Å². The topological polar surface area (TPSA) is 29.9 Å². The second kappa shape index (κ2) is 5.52. The zero-order valence-corrected chi connectivity index (χ0v) is 11.9. The Balaban J connectivity index is 2.04. The van der Waals surface area contributed by atoms with E-state index >= 15 is 0 Å². The monoisotopic (exact) mass is 311 g/mol. The molecule has 0 amide bonds. The van der Waals surface area contributed by atoms with Gasteiger partial charge in [0, 0.05) is 28.8 Å². The molecule has 3 nitrogen and oxygen atoms in total. The first-order valence-electron chi connectivity index (χ1n) is 5.78. The maximum absolute atomic E-state index is 13.1. The van der Waals surface area contributed by atoms with E-state index in [4.69, 9.17) is 0 Å². The molecule has 0 saturated heterocycles. The standard InChI is InChI=1S/C13H15BrFN3/c1-9(2)18-8-10(7-17-18)6-16-13-5-11(15)3-4-12(13)14/h3-5,7-9,16H,6H2,1-2H3. The Morgan fingerprint density at radius 2 is 2.22 bits per heavy atom. The number of nitrogens with zero attached hydrogens (tertiary/aromatic N) is 2. The number of hydrogen-bond acceptors (Lipinski definition) is 2. The van der Waals surface area contributed by atoms with Crippen molar-refractivity contribution in [1.82, 2.24) is 9.78 Å². The van der Waals surface area contributed by atoms with E-state index in [2.05, 4.69) is 40.2 Å². The molecule has 2 aromatic rings. The Labute approximate surface area is 114 Å². The Kier molecular flexibility index (Phi) is 4.01. The van der Waals surface area contributed by atoms with Crippen LogP contribution in [-0.4, -0.2) is 9.78 Å². The molecule has 0 bridgehead atoms. The van der Waals surface area contributed by atoms with E-state index in [1.54, 1.807) is 6.07 Å². The van der Waals surface area contributed by atoms with E-state index in [0.29, 0.717) is 12.6 Å². The van der Waals surface area contributed by atoms with Crippen molar-refractivity contribution in [2.75, 3.05) is 5.32 Å². The molecule has 5 heteroatoms. The highest BCUT2D eigenvalue weighted by Crippen LogP contribution is 2.23. The molecule has 1 aromatic heterocycles. The molecule has 0 aliphatic carbocycles. The Hall–Kier alpha value is -1.36. The Morgan fingerprint density at radius 3 is 2.89 bits per heavy atom. The first-order valence-corrected chi connectivity index (χ1v) is 6.57. The molecular formula is C13H15BrFN3. The van der Waals surface area contributed by atoms with Crippen molar-refractivity contribution in [2.45, 2.75) is 26.4 Å². The largest absolute Gasteiger partial charge is 0.380 e. The molecule has 1 N–H and O–H groups in total. The molecule has 1 aromatic carbocycles. The summed E-state index contributed by atoms with van der Waals surface area (Å²) in [6.07, 6.45) is 3.81. The summed E-state index contributed by atoms with van der Waals surface area (Å²) in [6, 6.07) is 4.93. The van der Waals surface area contributed by atoms with Gasteiger partial charge in [-0.25, -0.2) is 4.39 Å². The highest BCUT2D eigenvalue weighted by molar-refractivity contribution is 9.10. The van der Waals surface area contributed by atoms with Gasteiger partial charge in [0.05, 0.1) is 11.9 Å². The normalized spacial score (nSPS) is 10.9. The molecule has 0 aliphatic rings. The van der Waals surface area contributed by atoms with Crippen LogP contribution < -0.4 is 5.32 Å². The number of anilines is 1. The van der Waals surface area contributed by atoms with Gasteiger partial charge in [0.25, 0.3) is 0 Å². The molecule has 0 saturated carbocycles. The maximum Gasteiger partial charge on any atom is 0.125 e. The van der Waals surface area contributed by atoms with Crippen molar-refractivity contribution in [3.8, 4) is 0 Å². The number of hydrogen-bond donors (Lipinski definition) is 1. The van der Waals surface area contributed by atoms with Crippen LogP contribution in [0.5, 0.6) is 0 Å². The second-order valence-corrected chi connectivity index (χ2v) is 5.25. The predicted octanol–water partition coefficient (Wildman–Crippen LogP) is 3.98. The number of rotatable bonds is 4. The number of nitrogens with one attached hydrogen (secondary N) is 1. The lowest BCUT2D eigenvalue weighted by Crippen LogP contribution is -2.01. The summed E-state index contributed by atoms with van der Waals surface area (Å²) in [4.78, 5) is 0. The summed E-state index contributed by atoms with van der Waals surface area (Å²) < 4.78 is 15.9. The molecule has 0 fully saturated rings. The van der Waals surface area contributed by atoms with Crippen LogP contribution in [-0.2, 0) is 6.54 Å². The van der Waals surface area contributed by atoms with Gasteiger partial charge in [0.15, 0.2) is 0 Å². The minimum atomic E-state index is -0.251. The molecular weight excluding hydrogens is 297 g/mol. The Morgan fingerprint density at radius 1 is 1.44 bits per heavy atom. The van der Waals surface area contributed by atoms with Crippen molar-refractivity contribution in [1.29, 1.82) is 0 Å². The van der Waals surface area contributed by atoms with Gasteiger partial charge in [0.2, 0.25) is 0 Å². The van der Waals surface area contributed by atoms with E-state index in [1.165, 1.54) is 12.1 Å². The van der Waals surface area contributed by atoms with Crippen LogP contribution in [0.15, 0.2) is 35.1 Å². The maximum atomic E-state index is 13.1. The van der Waals surface area contributed by atoms with Crippen LogP contribution in [0.3, 0.4) is 0 Å². The van der Waals surface area contributed by atoms with Gasteiger partial charge in [-0.3, -0.25) is 4.68 Å². The summed E-state index contributed by atoms with van der Waals surface area (Å²) in [7, 11) is 0. The lowest BCUT2D eigenvalue weighted by molar-refractivity contribution is 0.532. The molecule has 96 valence electrons. The van der Waals surface area contributed by atoms with Crippen LogP contribution in [0.4, 0.5) is 10.1 Å². The van der Waals surface area contributed by atoms with E-state index < -0.39 is 0 Å². The third-order valence-corrected chi connectivity index (χ3v) is 3.29. The van der Waals surface area contributed by atoms with E-state index in [0.717, 1.165) is 15.7 Å². The Bertz CT molecular complexity index is 537. The summed E-state index contributed by atoms with van der Waals surface area (Å²) in [6.45, 7) is 4.77. The van der Waals surface area contributed by atoms with Crippen LogP contribution in [0, 0.1) is 5.82 Å². The highest BCUT2D eigenvalue weighted by atomic mass is 79.9.